The van der Waals surface area contributed by atoms with Crippen LogP contribution in [0.2, 0.25) is 0 Å². The maximum atomic E-state index is 12.7. The second-order valence-electron chi connectivity index (χ2n) is 6.44. The quantitative estimate of drug-likeness (QED) is 0.210. The summed E-state index contributed by atoms with van der Waals surface area (Å²) in [7, 11) is 3.85. The van der Waals surface area contributed by atoms with E-state index in [9.17, 15) is 10.0 Å². The third-order valence-corrected chi connectivity index (χ3v) is 4.21. The van der Waals surface area contributed by atoms with E-state index in [-0.39, 0.29) is 17.9 Å². The van der Waals surface area contributed by atoms with Crippen molar-refractivity contribution in [2.75, 3.05) is 25.6 Å². The van der Waals surface area contributed by atoms with Crippen molar-refractivity contribution in [2.24, 2.45) is 0 Å². The van der Waals surface area contributed by atoms with Crippen LogP contribution in [0.4, 0.5) is 11.4 Å². The smallest absolute Gasteiger partial charge is 0.342 e. The van der Waals surface area contributed by atoms with Gasteiger partial charge in [0, 0.05) is 43.7 Å². The van der Waals surface area contributed by atoms with Crippen LogP contribution in [0.5, 0.6) is 0 Å². The van der Waals surface area contributed by atoms with Gasteiger partial charge in [-0.05, 0) is 19.1 Å². The van der Waals surface area contributed by atoms with E-state index in [0.717, 1.165) is 11.3 Å². The van der Waals surface area contributed by atoms with Crippen molar-refractivity contribution >= 4 is 23.6 Å². The summed E-state index contributed by atoms with van der Waals surface area (Å²) in [6.45, 7) is 1.93. The van der Waals surface area contributed by atoms with Gasteiger partial charge in [0.05, 0.1) is 6.61 Å². The van der Waals surface area contributed by atoms with Gasteiger partial charge in [-0.1, -0.05) is 30.3 Å². The average Bonchev–Trinajstić information content (AvgIpc) is 2.74. The van der Waals surface area contributed by atoms with Crippen LogP contribution in [0, 0.1) is 5.21 Å². The summed E-state index contributed by atoms with van der Waals surface area (Å²) >= 11 is 0. The van der Waals surface area contributed by atoms with Crippen LogP contribution < -0.4 is 4.90 Å². The number of nitrogens with zero attached hydrogens (tertiary/aromatic N) is 4. The second-order valence-corrected chi connectivity index (χ2v) is 6.44. The first kappa shape index (κ1) is 20.0. The number of aromatic nitrogens is 2. The van der Waals surface area contributed by atoms with Crippen LogP contribution in [-0.2, 0) is 4.74 Å². The number of carbonyl (C=O) groups excluding carboxylic acids is 1. The predicted octanol–water partition coefficient (Wildman–Crippen LogP) is 3.65. The van der Waals surface area contributed by atoms with Crippen molar-refractivity contribution in [3.63, 3.8) is 0 Å². The van der Waals surface area contributed by atoms with Gasteiger partial charge in [0.25, 0.3) is 0 Å². The lowest BCUT2D eigenvalue weighted by molar-refractivity contribution is -0.354. The van der Waals surface area contributed by atoms with E-state index in [2.05, 4.69) is 9.97 Å². The summed E-state index contributed by atoms with van der Waals surface area (Å²) in [5, 5.41) is 12.7. The number of anilines is 1. The number of ether oxygens (including phenoxy) is 1. The van der Waals surface area contributed by atoms with Crippen LogP contribution >= 0.6 is 0 Å². The summed E-state index contributed by atoms with van der Waals surface area (Å²) in [6.07, 6.45) is 2.66. The molecule has 0 aliphatic heterocycles. The predicted molar refractivity (Wildman–Crippen MR) is 113 cm³/mol. The third-order valence-electron chi connectivity index (χ3n) is 4.21. The number of esters is 1. The molecule has 0 bridgehead atoms. The Morgan fingerprint density at radius 3 is 2.45 bits per heavy atom. The van der Waals surface area contributed by atoms with Crippen LogP contribution in [0.25, 0.3) is 11.4 Å². The Morgan fingerprint density at radius 1 is 1.14 bits per heavy atom. The van der Waals surface area contributed by atoms with Crippen molar-refractivity contribution in [3.8, 4) is 11.4 Å². The minimum atomic E-state index is -0.574. The average molecular weight is 390 g/mol. The molecular weight excluding hydrogens is 368 g/mol. The Bertz CT molecular complexity index is 1020. The maximum Gasteiger partial charge on any atom is 0.342 e. The fraction of sp³-hybridized carbons (Fsp3) is 0.182. The molecule has 0 atom stereocenters. The standard InChI is InChI=1S/C22H22N4O3/c1-4-29-22(27)19-14-23-21(16-8-6-5-7-9-16)24-20(19)15-26(28)18-12-10-17(11-13-18)25(2)3/h5-15H,4H2,1-3H3. The molecule has 0 saturated carbocycles. The molecule has 29 heavy (non-hydrogen) atoms. The lowest BCUT2D eigenvalue weighted by atomic mass is 10.2. The lowest BCUT2D eigenvalue weighted by Crippen LogP contribution is -2.13. The molecule has 3 rings (SSSR count). The first-order valence-corrected chi connectivity index (χ1v) is 9.17. The van der Waals surface area contributed by atoms with Crippen molar-refractivity contribution in [2.45, 2.75) is 6.92 Å². The van der Waals surface area contributed by atoms with Crippen molar-refractivity contribution in [1.29, 1.82) is 0 Å². The van der Waals surface area contributed by atoms with E-state index in [4.69, 9.17) is 4.74 Å². The van der Waals surface area contributed by atoms with Gasteiger partial charge in [-0.3, -0.25) is 0 Å². The van der Waals surface area contributed by atoms with E-state index >= 15 is 0 Å². The monoisotopic (exact) mass is 390 g/mol. The number of hydrogen-bond acceptors (Lipinski definition) is 6. The van der Waals surface area contributed by atoms with E-state index in [0.29, 0.717) is 16.3 Å². The maximum absolute atomic E-state index is 12.7. The van der Waals surface area contributed by atoms with Gasteiger partial charge < -0.3 is 14.8 Å². The molecule has 3 aromatic rings. The summed E-state index contributed by atoms with van der Waals surface area (Å²) < 4.78 is 5.76. The Labute approximate surface area is 169 Å². The zero-order chi connectivity index (χ0) is 20.8. The molecule has 0 saturated heterocycles. The summed E-state index contributed by atoms with van der Waals surface area (Å²) in [5.41, 5.74) is 2.51. The number of benzene rings is 2. The Hall–Kier alpha value is -3.74. The van der Waals surface area contributed by atoms with Crippen LogP contribution in [-0.4, -0.2) is 47.6 Å². The molecule has 0 aliphatic carbocycles. The first-order chi connectivity index (χ1) is 14.0. The van der Waals surface area contributed by atoms with Crippen molar-refractivity contribution in [3.05, 3.63) is 77.3 Å². The van der Waals surface area contributed by atoms with E-state index < -0.39 is 5.97 Å². The lowest BCUT2D eigenvalue weighted by Gasteiger charge is -2.12. The number of hydrogen-bond donors (Lipinski definition) is 0. The zero-order valence-electron chi connectivity index (χ0n) is 16.6. The topological polar surface area (TPSA) is 81.4 Å². The first-order valence-electron chi connectivity index (χ1n) is 9.17. The van der Waals surface area contributed by atoms with Gasteiger partial charge in [0.15, 0.2) is 5.82 Å². The number of rotatable bonds is 6. The highest BCUT2D eigenvalue weighted by Gasteiger charge is 2.18. The Balaban J connectivity index is 2.04. The molecule has 2 aromatic carbocycles. The van der Waals surface area contributed by atoms with Gasteiger partial charge in [-0.15, -0.1) is 0 Å². The van der Waals surface area contributed by atoms with E-state index in [1.807, 2.05) is 61.5 Å². The highest BCUT2D eigenvalue weighted by atomic mass is 16.5. The second kappa shape index (κ2) is 8.97. The van der Waals surface area contributed by atoms with E-state index in [1.165, 1.54) is 12.4 Å². The Kier molecular flexibility index (Phi) is 6.19. The van der Waals surface area contributed by atoms with Crippen molar-refractivity contribution in [1.82, 2.24) is 9.97 Å². The molecule has 0 radical (unpaired) electrons. The minimum Gasteiger partial charge on any atom is -0.618 e. The summed E-state index contributed by atoms with van der Waals surface area (Å²) in [6, 6.07) is 16.5. The molecular formula is C22H22N4O3. The highest BCUT2D eigenvalue weighted by Crippen LogP contribution is 2.19. The molecule has 0 fully saturated rings. The van der Waals surface area contributed by atoms with Gasteiger partial charge in [-0.25, -0.2) is 14.8 Å². The highest BCUT2D eigenvalue weighted by molar-refractivity contribution is 5.97. The van der Waals surface area contributed by atoms with Gasteiger partial charge >= 0.3 is 5.97 Å². The number of carbonyl (C=O) groups is 1. The fourth-order valence-corrected chi connectivity index (χ4v) is 2.67. The van der Waals surface area contributed by atoms with Gasteiger partial charge in [0.1, 0.15) is 11.3 Å². The molecule has 0 spiro atoms. The SMILES string of the molecule is CCOC(=O)c1cnc(-c2ccccc2)nc1C=[N+]([O-])c1ccc(N(C)C)cc1. The fourth-order valence-electron chi connectivity index (χ4n) is 2.67. The van der Waals surface area contributed by atoms with Crippen LogP contribution in [0.3, 0.4) is 0 Å². The zero-order valence-corrected chi connectivity index (χ0v) is 16.6. The molecule has 1 aromatic heterocycles. The molecule has 7 heteroatoms. The minimum absolute atomic E-state index is 0.136. The molecule has 0 unspecified atom stereocenters. The largest absolute Gasteiger partial charge is 0.618 e. The van der Waals surface area contributed by atoms with E-state index in [1.54, 1.807) is 19.1 Å². The van der Waals surface area contributed by atoms with Gasteiger partial charge in [-0.2, -0.15) is 4.74 Å². The summed E-state index contributed by atoms with van der Waals surface area (Å²) in [4.78, 5) is 23.0. The summed E-state index contributed by atoms with van der Waals surface area (Å²) in [5.74, 6) is -0.157. The third kappa shape index (κ3) is 4.76. The van der Waals surface area contributed by atoms with Crippen LogP contribution in [0.15, 0.2) is 60.8 Å². The molecule has 0 amide bonds. The molecule has 7 nitrogen and oxygen atoms in total. The normalized spacial score (nSPS) is 11.2. The van der Waals surface area contributed by atoms with Crippen molar-refractivity contribution < 1.29 is 14.3 Å². The van der Waals surface area contributed by atoms with Crippen LogP contribution in [0.1, 0.15) is 23.0 Å². The van der Waals surface area contributed by atoms with Gasteiger partial charge in [0.2, 0.25) is 11.9 Å². The molecule has 0 aliphatic rings. The Morgan fingerprint density at radius 2 is 1.83 bits per heavy atom. The molecule has 0 N–H and O–H groups in total. The molecule has 148 valence electrons. The molecule has 1 heterocycles.